The predicted molar refractivity (Wildman–Crippen MR) is 61.3 cm³/mol. The number of alkyl halides is 1. The molecule has 0 unspecified atom stereocenters. The van der Waals surface area contributed by atoms with Crippen molar-refractivity contribution in [2.45, 2.75) is 12.1 Å². The monoisotopic (exact) mass is 279 g/mol. The van der Waals surface area contributed by atoms with Crippen molar-refractivity contribution in [3.8, 4) is 0 Å². The van der Waals surface area contributed by atoms with Crippen LogP contribution >= 0.6 is 28.3 Å². The van der Waals surface area contributed by atoms with Crippen LogP contribution in [0.1, 0.15) is 12.0 Å². The molecule has 1 nitrogen and oxygen atoms in total. The highest BCUT2D eigenvalue weighted by Gasteiger charge is 2.56. The normalized spacial score (nSPS) is 29.5. The van der Waals surface area contributed by atoms with E-state index in [1.165, 1.54) is 0 Å². The van der Waals surface area contributed by atoms with Crippen molar-refractivity contribution in [2.24, 2.45) is 11.7 Å². The summed E-state index contributed by atoms with van der Waals surface area (Å²) in [6.45, 7) is 0.428. The molecule has 0 amide bonds. The highest BCUT2D eigenvalue weighted by atomic mass is 79.9. The van der Waals surface area contributed by atoms with Crippen LogP contribution in [0.5, 0.6) is 0 Å². The Morgan fingerprint density at radius 1 is 1.50 bits per heavy atom. The van der Waals surface area contributed by atoms with Crippen LogP contribution in [0.2, 0.25) is 0 Å². The zero-order valence-corrected chi connectivity index (χ0v) is 9.94. The van der Waals surface area contributed by atoms with Gasteiger partial charge in [0.05, 0.1) is 0 Å². The number of halogens is 3. The predicted octanol–water partition coefficient (Wildman–Crippen LogP) is 3.01. The molecular formula is C10H12BrClFN. The molecule has 1 aromatic carbocycles. The summed E-state index contributed by atoms with van der Waals surface area (Å²) in [5, 5.41) is 0. The molecule has 0 saturated heterocycles. The Morgan fingerprint density at radius 2 is 2.14 bits per heavy atom. The van der Waals surface area contributed by atoms with Crippen molar-refractivity contribution in [1.82, 2.24) is 0 Å². The second-order valence-electron chi connectivity index (χ2n) is 3.48. The fourth-order valence-electron chi connectivity index (χ4n) is 1.70. The standard InChI is InChI=1S/C10H11BrFN.ClH/c11-9-4-2-1-3-8(9)10(12)5-7(10)6-13;/h1-4,7H,5-6,13H2;1H/t7-,10-;/m1./s1. The van der Waals surface area contributed by atoms with Crippen LogP contribution in [0.3, 0.4) is 0 Å². The second-order valence-corrected chi connectivity index (χ2v) is 4.33. The minimum atomic E-state index is -1.17. The summed E-state index contributed by atoms with van der Waals surface area (Å²) in [5.74, 6) is 0.00574. The Kier molecular flexibility index (Phi) is 3.56. The van der Waals surface area contributed by atoms with Crippen LogP contribution in [0.25, 0.3) is 0 Å². The average Bonchev–Trinajstić information content (AvgIpc) is 2.79. The van der Waals surface area contributed by atoms with E-state index in [4.69, 9.17) is 5.73 Å². The summed E-state index contributed by atoms with van der Waals surface area (Å²) in [6.07, 6.45) is 0.562. The lowest BCUT2D eigenvalue weighted by molar-refractivity contribution is 0.287. The van der Waals surface area contributed by atoms with Gasteiger partial charge in [-0.15, -0.1) is 12.4 Å². The summed E-state index contributed by atoms with van der Waals surface area (Å²) < 4.78 is 14.9. The van der Waals surface area contributed by atoms with E-state index in [9.17, 15) is 4.39 Å². The molecule has 0 heterocycles. The first-order chi connectivity index (χ1) is 6.18. The second kappa shape index (κ2) is 4.17. The number of rotatable bonds is 2. The van der Waals surface area contributed by atoms with Crippen LogP contribution in [-0.4, -0.2) is 6.54 Å². The Balaban J connectivity index is 0.000000980. The van der Waals surface area contributed by atoms with Crippen LogP contribution in [0.4, 0.5) is 4.39 Å². The van der Waals surface area contributed by atoms with Gasteiger partial charge in [-0.25, -0.2) is 4.39 Å². The van der Waals surface area contributed by atoms with E-state index in [1.54, 1.807) is 0 Å². The Labute approximate surface area is 97.4 Å². The molecule has 2 N–H and O–H groups in total. The van der Waals surface area contributed by atoms with Gasteiger partial charge < -0.3 is 5.73 Å². The molecule has 1 saturated carbocycles. The van der Waals surface area contributed by atoms with Gasteiger partial charge in [-0.3, -0.25) is 0 Å². The van der Waals surface area contributed by atoms with Gasteiger partial charge in [0.15, 0.2) is 0 Å². The number of hydrogen-bond donors (Lipinski definition) is 1. The quantitative estimate of drug-likeness (QED) is 0.885. The van der Waals surface area contributed by atoms with E-state index >= 15 is 0 Å². The molecule has 2 rings (SSSR count). The van der Waals surface area contributed by atoms with E-state index in [0.717, 1.165) is 10.0 Å². The fourth-order valence-corrected chi connectivity index (χ4v) is 2.31. The van der Waals surface area contributed by atoms with E-state index in [2.05, 4.69) is 15.9 Å². The molecule has 0 bridgehead atoms. The topological polar surface area (TPSA) is 26.0 Å². The maximum atomic E-state index is 14.0. The molecule has 14 heavy (non-hydrogen) atoms. The molecule has 0 spiro atoms. The van der Waals surface area contributed by atoms with Gasteiger partial charge in [-0.2, -0.15) is 0 Å². The first-order valence-electron chi connectivity index (χ1n) is 4.32. The van der Waals surface area contributed by atoms with Crippen LogP contribution in [-0.2, 0) is 5.67 Å². The smallest absolute Gasteiger partial charge is 0.141 e. The minimum absolute atomic E-state index is 0. The van der Waals surface area contributed by atoms with Gasteiger partial charge in [0.1, 0.15) is 5.67 Å². The van der Waals surface area contributed by atoms with Crippen molar-refractivity contribution in [3.63, 3.8) is 0 Å². The molecule has 1 aliphatic rings. The molecule has 1 fully saturated rings. The zero-order chi connectivity index (χ0) is 9.47. The van der Waals surface area contributed by atoms with E-state index in [-0.39, 0.29) is 18.3 Å². The zero-order valence-electron chi connectivity index (χ0n) is 7.54. The SMILES string of the molecule is Cl.NC[C@H]1C[C@]1(F)c1ccccc1Br. The molecule has 0 aliphatic heterocycles. The molecular weight excluding hydrogens is 268 g/mol. The maximum Gasteiger partial charge on any atom is 0.141 e. The van der Waals surface area contributed by atoms with Crippen LogP contribution in [0.15, 0.2) is 28.7 Å². The van der Waals surface area contributed by atoms with E-state index in [0.29, 0.717) is 13.0 Å². The third kappa shape index (κ3) is 1.81. The minimum Gasteiger partial charge on any atom is -0.330 e. The number of benzene rings is 1. The molecule has 78 valence electrons. The molecule has 4 heteroatoms. The van der Waals surface area contributed by atoms with Crippen LogP contribution in [0, 0.1) is 5.92 Å². The lowest BCUT2D eigenvalue weighted by Crippen LogP contribution is -2.10. The summed E-state index contributed by atoms with van der Waals surface area (Å²) in [6, 6.07) is 7.42. The summed E-state index contributed by atoms with van der Waals surface area (Å²) in [5.41, 5.74) is 5.01. The molecule has 0 aromatic heterocycles. The molecule has 1 aromatic rings. The van der Waals surface area contributed by atoms with Crippen molar-refractivity contribution in [2.75, 3.05) is 6.54 Å². The average molecular weight is 281 g/mol. The number of nitrogens with two attached hydrogens (primary N) is 1. The van der Waals surface area contributed by atoms with Gasteiger partial charge in [-0.05, 0) is 19.0 Å². The third-order valence-electron chi connectivity index (χ3n) is 2.64. The van der Waals surface area contributed by atoms with Gasteiger partial charge in [0.25, 0.3) is 0 Å². The highest BCUT2D eigenvalue weighted by Crippen LogP contribution is 2.56. The fraction of sp³-hybridized carbons (Fsp3) is 0.400. The largest absolute Gasteiger partial charge is 0.330 e. The summed E-state index contributed by atoms with van der Waals surface area (Å²) in [4.78, 5) is 0. The number of hydrogen-bond acceptors (Lipinski definition) is 1. The van der Waals surface area contributed by atoms with E-state index in [1.807, 2.05) is 24.3 Å². The Hall–Kier alpha value is -0.120. The maximum absolute atomic E-state index is 14.0. The van der Waals surface area contributed by atoms with Crippen molar-refractivity contribution in [1.29, 1.82) is 0 Å². The summed E-state index contributed by atoms with van der Waals surface area (Å²) in [7, 11) is 0. The third-order valence-corrected chi connectivity index (χ3v) is 3.33. The van der Waals surface area contributed by atoms with Gasteiger partial charge in [0, 0.05) is 16.0 Å². The van der Waals surface area contributed by atoms with Gasteiger partial charge in [0.2, 0.25) is 0 Å². The Morgan fingerprint density at radius 3 is 2.64 bits per heavy atom. The van der Waals surface area contributed by atoms with Crippen molar-refractivity contribution < 1.29 is 4.39 Å². The first-order valence-corrected chi connectivity index (χ1v) is 5.12. The lowest BCUT2D eigenvalue weighted by Gasteiger charge is -2.09. The van der Waals surface area contributed by atoms with Crippen molar-refractivity contribution in [3.05, 3.63) is 34.3 Å². The Bertz CT molecular complexity index is 334. The molecule has 1 aliphatic carbocycles. The lowest BCUT2D eigenvalue weighted by atomic mass is 10.1. The highest BCUT2D eigenvalue weighted by molar-refractivity contribution is 9.10. The molecule has 0 radical (unpaired) electrons. The van der Waals surface area contributed by atoms with E-state index < -0.39 is 5.67 Å². The molecule has 2 atom stereocenters. The van der Waals surface area contributed by atoms with Crippen molar-refractivity contribution >= 4 is 28.3 Å². The van der Waals surface area contributed by atoms with Gasteiger partial charge >= 0.3 is 0 Å². The van der Waals surface area contributed by atoms with Gasteiger partial charge in [-0.1, -0.05) is 34.1 Å². The summed E-state index contributed by atoms with van der Waals surface area (Å²) >= 11 is 3.35. The first kappa shape index (κ1) is 12.0. The van der Waals surface area contributed by atoms with Crippen LogP contribution < -0.4 is 5.73 Å².